The first-order valence-corrected chi connectivity index (χ1v) is 6.02. The minimum atomic E-state index is -0.600. The predicted molar refractivity (Wildman–Crippen MR) is 67.8 cm³/mol. The zero-order chi connectivity index (χ0) is 13.3. The molecule has 4 heteroatoms. The molecule has 1 N–H and O–H groups in total. The van der Waals surface area contributed by atoms with Crippen LogP contribution < -0.4 is 4.74 Å². The Bertz CT molecular complexity index is 526. The molecule has 2 rings (SSSR count). The molecule has 1 aromatic rings. The van der Waals surface area contributed by atoms with Crippen LogP contribution in [0.2, 0.25) is 0 Å². The number of hydrogen-bond acceptors (Lipinski definition) is 4. The Balaban J connectivity index is 2.64. The van der Waals surface area contributed by atoms with E-state index in [4.69, 9.17) is 4.74 Å². The van der Waals surface area contributed by atoms with Crippen molar-refractivity contribution in [3.63, 3.8) is 0 Å². The molecule has 0 radical (unpaired) electrons. The third-order valence-electron chi connectivity index (χ3n) is 3.91. The van der Waals surface area contributed by atoms with E-state index in [0.717, 1.165) is 30.4 Å². The van der Waals surface area contributed by atoms with Gasteiger partial charge in [-0.15, -0.1) is 0 Å². The van der Waals surface area contributed by atoms with Crippen molar-refractivity contribution in [1.82, 2.24) is 0 Å². The second-order valence-electron chi connectivity index (χ2n) is 4.84. The van der Waals surface area contributed by atoms with E-state index in [1.165, 1.54) is 7.11 Å². The van der Waals surface area contributed by atoms with Crippen molar-refractivity contribution in [3.8, 4) is 11.5 Å². The van der Waals surface area contributed by atoms with Crippen molar-refractivity contribution in [1.29, 1.82) is 0 Å². The Labute approximate surface area is 106 Å². The predicted octanol–water partition coefficient (Wildman–Crippen LogP) is 2.73. The number of ether oxygens (including phenoxy) is 1. The molecule has 1 aliphatic rings. The molecule has 0 atom stereocenters. The zero-order valence-electron chi connectivity index (χ0n) is 10.9. The van der Waals surface area contributed by atoms with Gasteiger partial charge in [-0.05, 0) is 50.3 Å². The first-order valence-electron chi connectivity index (χ1n) is 6.02. The molecule has 0 saturated heterocycles. The highest BCUT2D eigenvalue weighted by Crippen LogP contribution is 2.51. The lowest BCUT2D eigenvalue weighted by molar-refractivity contribution is 0.244. The number of isocyanates is 1. The van der Waals surface area contributed by atoms with E-state index >= 15 is 0 Å². The number of aryl methyl sites for hydroxylation is 1. The maximum absolute atomic E-state index is 10.6. The number of benzene rings is 1. The number of hydrogen-bond donors (Lipinski definition) is 1. The number of phenols is 1. The van der Waals surface area contributed by atoms with Crippen LogP contribution in [0, 0.1) is 13.8 Å². The van der Waals surface area contributed by atoms with Crippen molar-refractivity contribution >= 4 is 6.08 Å². The van der Waals surface area contributed by atoms with Crippen LogP contribution in [0.1, 0.15) is 36.0 Å². The number of nitrogens with zero attached hydrogens (tertiary/aromatic N) is 1. The maximum atomic E-state index is 10.6. The zero-order valence-corrected chi connectivity index (χ0v) is 10.9. The second-order valence-corrected chi connectivity index (χ2v) is 4.84. The second kappa shape index (κ2) is 4.46. The lowest BCUT2D eigenvalue weighted by atomic mass is 9.71. The van der Waals surface area contributed by atoms with Crippen LogP contribution in [0.15, 0.2) is 11.1 Å². The quantitative estimate of drug-likeness (QED) is 0.660. The van der Waals surface area contributed by atoms with Gasteiger partial charge in [-0.25, -0.2) is 4.79 Å². The summed E-state index contributed by atoms with van der Waals surface area (Å²) in [6.45, 7) is 3.85. The first kappa shape index (κ1) is 12.7. The van der Waals surface area contributed by atoms with E-state index in [2.05, 4.69) is 4.99 Å². The van der Waals surface area contributed by atoms with E-state index in [0.29, 0.717) is 11.3 Å². The number of phenolic OH excluding ortho intramolecular Hbond substituents is 1. The van der Waals surface area contributed by atoms with Gasteiger partial charge in [-0.2, -0.15) is 4.99 Å². The van der Waals surface area contributed by atoms with Gasteiger partial charge in [-0.3, -0.25) is 0 Å². The van der Waals surface area contributed by atoms with Gasteiger partial charge in [0.25, 0.3) is 0 Å². The van der Waals surface area contributed by atoms with Gasteiger partial charge in [0.15, 0.2) is 11.5 Å². The van der Waals surface area contributed by atoms with Crippen molar-refractivity contribution in [2.75, 3.05) is 7.11 Å². The summed E-state index contributed by atoms with van der Waals surface area (Å²) in [6, 6.07) is 1.90. The van der Waals surface area contributed by atoms with Gasteiger partial charge in [0.05, 0.1) is 7.11 Å². The highest BCUT2D eigenvalue weighted by molar-refractivity contribution is 5.57. The van der Waals surface area contributed by atoms with Gasteiger partial charge in [0.2, 0.25) is 6.08 Å². The number of rotatable bonds is 3. The molecule has 0 bridgehead atoms. The van der Waals surface area contributed by atoms with Crippen LogP contribution in [0.3, 0.4) is 0 Å². The van der Waals surface area contributed by atoms with Gasteiger partial charge in [-0.1, -0.05) is 0 Å². The molecule has 0 aliphatic heterocycles. The summed E-state index contributed by atoms with van der Waals surface area (Å²) in [5.74, 6) is 0.566. The van der Waals surface area contributed by atoms with Crippen LogP contribution in [-0.4, -0.2) is 18.3 Å². The van der Waals surface area contributed by atoms with E-state index in [-0.39, 0.29) is 5.75 Å². The fraction of sp³-hybridized carbons (Fsp3) is 0.500. The van der Waals surface area contributed by atoms with E-state index in [9.17, 15) is 9.90 Å². The third kappa shape index (κ3) is 1.70. The Morgan fingerprint density at radius 2 is 2.11 bits per heavy atom. The standard InChI is InChI=1S/C14H17NO3/c1-9-7-11(12(17)13(18-3)10(9)2)14(15-8-16)5-4-6-14/h7,17H,4-6H2,1-3H3. The fourth-order valence-corrected chi connectivity index (χ4v) is 2.52. The Morgan fingerprint density at radius 1 is 1.44 bits per heavy atom. The molecule has 4 nitrogen and oxygen atoms in total. The molecule has 1 aromatic carbocycles. The molecule has 1 aliphatic carbocycles. The van der Waals surface area contributed by atoms with Crippen molar-refractivity contribution < 1.29 is 14.6 Å². The van der Waals surface area contributed by atoms with Crippen LogP contribution in [0.4, 0.5) is 0 Å². The number of aliphatic imine (C=N–C) groups is 1. The monoisotopic (exact) mass is 247 g/mol. The molecule has 96 valence electrons. The largest absolute Gasteiger partial charge is 0.504 e. The Morgan fingerprint density at radius 3 is 2.56 bits per heavy atom. The van der Waals surface area contributed by atoms with Crippen molar-refractivity contribution in [2.45, 2.75) is 38.6 Å². The molecule has 0 aromatic heterocycles. The highest BCUT2D eigenvalue weighted by atomic mass is 16.5. The third-order valence-corrected chi connectivity index (χ3v) is 3.91. The smallest absolute Gasteiger partial charge is 0.235 e. The van der Waals surface area contributed by atoms with Crippen LogP contribution in [0.25, 0.3) is 0 Å². The van der Waals surface area contributed by atoms with Crippen molar-refractivity contribution in [3.05, 3.63) is 22.8 Å². The van der Waals surface area contributed by atoms with Crippen LogP contribution in [-0.2, 0) is 10.3 Å². The average molecular weight is 247 g/mol. The number of carbonyl (C=O) groups excluding carboxylic acids is 1. The van der Waals surface area contributed by atoms with Gasteiger partial charge in [0.1, 0.15) is 5.54 Å². The fourth-order valence-electron chi connectivity index (χ4n) is 2.52. The molecule has 0 heterocycles. The Kier molecular flexibility index (Phi) is 3.14. The maximum Gasteiger partial charge on any atom is 0.235 e. The molecule has 1 saturated carbocycles. The van der Waals surface area contributed by atoms with Gasteiger partial charge in [0, 0.05) is 5.56 Å². The van der Waals surface area contributed by atoms with E-state index in [1.807, 2.05) is 19.9 Å². The summed E-state index contributed by atoms with van der Waals surface area (Å²) < 4.78 is 5.25. The average Bonchev–Trinajstić information content (AvgIpc) is 2.30. The number of methoxy groups -OCH3 is 1. The lowest BCUT2D eigenvalue weighted by Gasteiger charge is -2.38. The van der Waals surface area contributed by atoms with E-state index < -0.39 is 5.54 Å². The van der Waals surface area contributed by atoms with Gasteiger partial charge >= 0.3 is 0 Å². The SMILES string of the molecule is COc1c(C)c(C)cc(C2(N=C=O)CCC2)c1O. The van der Waals surface area contributed by atoms with Crippen LogP contribution in [0.5, 0.6) is 11.5 Å². The minimum absolute atomic E-state index is 0.0966. The summed E-state index contributed by atoms with van der Waals surface area (Å²) in [4.78, 5) is 14.5. The summed E-state index contributed by atoms with van der Waals surface area (Å²) in [6.07, 6.45) is 4.16. The first-order chi connectivity index (χ1) is 8.55. The lowest BCUT2D eigenvalue weighted by Crippen LogP contribution is -2.32. The van der Waals surface area contributed by atoms with Crippen molar-refractivity contribution in [2.24, 2.45) is 4.99 Å². The number of aromatic hydroxyl groups is 1. The summed E-state index contributed by atoms with van der Waals surface area (Å²) in [5.41, 5.74) is 2.00. The summed E-state index contributed by atoms with van der Waals surface area (Å²) >= 11 is 0. The van der Waals surface area contributed by atoms with E-state index in [1.54, 1.807) is 6.08 Å². The minimum Gasteiger partial charge on any atom is -0.504 e. The molecular weight excluding hydrogens is 230 g/mol. The van der Waals surface area contributed by atoms with Gasteiger partial charge < -0.3 is 9.84 Å². The summed E-state index contributed by atoms with van der Waals surface area (Å²) in [7, 11) is 1.53. The molecule has 1 fully saturated rings. The highest BCUT2D eigenvalue weighted by Gasteiger charge is 2.42. The molecule has 0 unspecified atom stereocenters. The van der Waals surface area contributed by atoms with Crippen LogP contribution >= 0.6 is 0 Å². The molecule has 18 heavy (non-hydrogen) atoms. The normalized spacial score (nSPS) is 16.6. The molecule has 0 amide bonds. The molecular formula is C14H17NO3. The summed E-state index contributed by atoms with van der Waals surface area (Å²) in [5, 5.41) is 10.3. The molecule has 0 spiro atoms. The topological polar surface area (TPSA) is 58.9 Å². The Hall–Kier alpha value is -1.80.